The third kappa shape index (κ3) is 2.48. The second-order valence-electron chi connectivity index (χ2n) is 4.59. The lowest BCUT2D eigenvalue weighted by Crippen LogP contribution is -2.27. The third-order valence-corrected chi connectivity index (χ3v) is 3.90. The van der Waals surface area contributed by atoms with Gasteiger partial charge in [0.1, 0.15) is 6.10 Å². The van der Waals surface area contributed by atoms with Crippen LogP contribution < -0.4 is 5.32 Å². The average molecular weight is 263 g/mol. The Labute approximate surface area is 111 Å². The molecule has 0 amide bonds. The number of aryl methyl sites for hydroxylation is 1. The van der Waals surface area contributed by atoms with Gasteiger partial charge in [-0.2, -0.15) is 16.4 Å². The van der Waals surface area contributed by atoms with E-state index in [-0.39, 0.29) is 6.10 Å². The summed E-state index contributed by atoms with van der Waals surface area (Å²) in [6.07, 6.45) is 3.17. The van der Waals surface area contributed by atoms with Gasteiger partial charge in [-0.05, 0) is 34.4 Å². The summed E-state index contributed by atoms with van der Waals surface area (Å²) >= 11 is 1.73. The second-order valence-corrected chi connectivity index (χ2v) is 5.37. The molecule has 4 nitrogen and oxygen atoms in total. The number of aromatic nitrogens is 2. The number of ether oxygens (including phenoxy) is 1. The molecular weight excluding hydrogens is 246 g/mol. The predicted molar refractivity (Wildman–Crippen MR) is 71.6 cm³/mol. The maximum Gasteiger partial charge on any atom is 0.114 e. The zero-order chi connectivity index (χ0) is 12.4. The molecule has 1 atom stereocenters. The molecule has 1 N–H and O–H groups in total. The van der Waals surface area contributed by atoms with Crippen LogP contribution in [0.4, 0.5) is 0 Å². The summed E-state index contributed by atoms with van der Waals surface area (Å²) < 4.78 is 7.68. The minimum absolute atomic E-state index is 0.0913. The van der Waals surface area contributed by atoms with E-state index in [4.69, 9.17) is 4.74 Å². The van der Waals surface area contributed by atoms with Gasteiger partial charge in [-0.15, -0.1) is 0 Å². The topological polar surface area (TPSA) is 39.1 Å². The highest BCUT2D eigenvalue weighted by Crippen LogP contribution is 2.24. The molecule has 2 aromatic heterocycles. The molecule has 1 aliphatic heterocycles. The highest BCUT2D eigenvalue weighted by atomic mass is 32.1. The lowest BCUT2D eigenvalue weighted by Gasteiger charge is -2.22. The van der Waals surface area contributed by atoms with Crippen LogP contribution in [0.2, 0.25) is 0 Å². The summed E-state index contributed by atoms with van der Waals surface area (Å²) in [5.41, 5.74) is 3.75. The molecule has 96 valence electrons. The van der Waals surface area contributed by atoms with Crippen LogP contribution in [0.15, 0.2) is 23.0 Å². The van der Waals surface area contributed by atoms with Crippen LogP contribution in [0, 0.1) is 0 Å². The van der Waals surface area contributed by atoms with Crippen molar-refractivity contribution in [2.75, 3.05) is 13.2 Å². The van der Waals surface area contributed by atoms with E-state index in [1.807, 2.05) is 11.7 Å². The quantitative estimate of drug-likeness (QED) is 0.915. The minimum Gasteiger partial charge on any atom is -0.370 e. The largest absolute Gasteiger partial charge is 0.370 e. The van der Waals surface area contributed by atoms with Crippen molar-refractivity contribution >= 4 is 11.3 Å². The summed E-state index contributed by atoms with van der Waals surface area (Å²) in [6.45, 7) is 2.51. The fraction of sp³-hybridized carbons (Fsp3) is 0.462. The standard InChI is InChI=1S/C13H17N3OS/c1-16-8-11-2-4-17-12(13(11)15-16)7-14-6-10-3-5-18-9-10/h3,5,8-9,12,14H,2,4,6-7H2,1H3/t12-/m1/s1. The van der Waals surface area contributed by atoms with E-state index in [2.05, 4.69) is 33.4 Å². The number of rotatable bonds is 4. The molecule has 5 heteroatoms. The van der Waals surface area contributed by atoms with Gasteiger partial charge in [0.25, 0.3) is 0 Å². The van der Waals surface area contributed by atoms with Crippen LogP contribution in [-0.2, 0) is 24.8 Å². The molecule has 18 heavy (non-hydrogen) atoms. The SMILES string of the molecule is Cn1cc2c(n1)[C@@H](CNCc1ccsc1)OCC2. The molecule has 2 aromatic rings. The first-order chi connectivity index (χ1) is 8.83. The van der Waals surface area contributed by atoms with Crippen molar-refractivity contribution in [2.45, 2.75) is 19.1 Å². The average Bonchev–Trinajstić information content (AvgIpc) is 2.97. The van der Waals surface area contributed by atoms with E-state index in [0.29, 0.717) is 0 Å². The molecule has 0 spiro atoms. The maximum atomic E-state index is 5.80. The van der Waals surface area contributed by atoms with Crippen molar-refractivity contribution in [2.24, 2.45) is 7.05 Å². The summed E-state index contributed by atoms with van der Waals surface area (Å²) in [4.78, 5) is 0. The predicted octanol–water partition coefficient (Wildman–Crippen LogP) is 1.89. The van der Waals surface area contributed by atoms with E-state index in [9.17, 15) is 0 Å². The lowest BCUT2D eigenvalue weighted by atomic mass is 10.1. The van der Waals surface area contributed by atoms with Crippen molar-refractivity contribution in [1.29, 1.82) is 0 Å². The Morgan fingerprint density at radius 1 is 1.61 bits per heavy atom. The van der Waals surface area contributed by atoms with Crippen LogP contribution in [0.25, 0.3) is 0 Å². The van der Waals surface area contributed by atoms with Crippen LogP contribution >= 0.6 is 11.3 Å². The molecular formula is C13H17N3OS. The summed E-state index contributed by atoms with van der Waals surface area (Å²) in [5, 5.41) is 12.2. The zero-order valence-corrected chi connectivity index (χ0v) is 11.2. The number of nitrogens with zero attached hydrogens (tertiary/aromatic N) is 2. The first-order valence-corrected chi connectivity index (χ1v) is 7.13. The third-order valence-electron chi connectivity index (χ3n) is 3.17. The number of fused-ring (bicyclic) bond motifs is 1. The number of thiophene rings is 1. The van der Waals surface area contributed by atoms with E-state index in [1.165, 1.54) is 11.1 Å². The van der Waals surface area contributed by atoms with Crippen molar-refractivity contribution in [3.8, 4) is 0 Å². The fourth-order valence-corrected chi connectivity index (χ4v) is 2.97. The second kappa shape index (κ2) is 5.22. The van der Waals surface area contributed by atoms with Crippen LogP contribution in [-0.4, -0.2) is 22.9 Å². The Kier molecular flexibility index (Phi) is 3.45. The Balaban J connectivity index is 1.60. The van der Waals surface area contributed by atoms with Gasteiger partial charge in [0.05, 0.1) is 12.3 Å². The van der Waals surface area contributed by atoms with Crippen LogP contribution in [0.3, 0.4) is 0 Å². The van der Waals surface area contributed by atoms with Gasteiger partial charge in [0.2, 0.25) is 0 Å². The first kappa shape index (κ1) is 11.9. The van der Waals surface area contributed by atoms with Gasteiger partial charge in [0.15, 0.2) is 0 Å². The molecule has 0 unspecified atom stereocenters. The summed E-state index contributed by atoms with van der Waals surface area (Å²) in [7, 11) is 1.97. The van der Waals surface area contributed by atoms with Gasteiger partial charge in [-0.25, -0.2) is 0 Å². The maximum absolute atomic E-state index is 5.80. The molecule has 0 bridgehead atoms. The molecule has 0 saturated heterocycles. The van der Waals surface area contributed by atoms with E-state index in [0.717, 1.165) is 31.8 Å². The van der Waals surface area contributed by atoms with Crippen molar-refractivity contribution in [3.63, 3.8) is 0 Å². The Morgan fingerprint density at radius 3 is 3.39 bits per heavy atom. The van der Waals surface area contributed by atoms with Crippen LogP contribution in [0.5, 0.6) is 0 Å². The highest BCUT2D eigenvalue weighted by Gasteiger charge is 2.23. The number of nitrogens with one attached hydrogen (secondary N) is 1. The van der Waals surface area contributed by atoms with E-state index < -0.39 is 0 Å². The van der Waals surface area contributed by atoms with E-state index >= 15 is 0 Å². The van der Waals surface area contributed by atoms with Gasteiger partial charge >= 0.3 is 0 Å². The molecule has 0 fully saturated rings. The Bertz CT molecular complexity index is 506. The van der Waals surface area contributed by atoms with Crippen LogP contribution in [0.1, 0.15) is 22.9 Å². The molecule has 1 aliphatic rings. The van der Waals surface area contributed by atoms with Crippen molar-refractivity contribution in [3.05, 3.63) is 39.8 Å². The molecule has 3 rings (SSSR count). The minimum atomic E-state index is 0.0913. The number of hydrogen-bond acceptors (Lipinski definition) is 4. The fourth-order valence-electron chi connectivity index (χ4n) is 2.30. The highest BCUT2D eigenvalue weighted by molar-refractivity contribution is 7.07. The van der Waals surface area contributed by atoms with Crippen molar-refractivity contribution < 1.29 is 4.74 Å². The van der Waals surface area contributed by atoms with Gasteiger partial charge in [-0.1, -0.05) is 0 Å². The smallest absolute Gasteiger partial charge is 0.114 e. The van der Waals surface area contributed by atoms with Gasteiger partial charge < -0.3 is 10.1 Å². The van der Waals surface area contributed by atoms with E-state index in [1.54, 1.807) is 11.3 Å². The lowest BCUT2D eigenvalue weighted by molar-refractivity contribution is 0.0393. The van der Waals surface area contributed by atoms with Gasteiger partial charge in [0, 0.05) is 26.3 Å². The summed E-state index contributed by atoms with van der Waals surface area (Å²) in [6, 6.07) is 2.14. The van der Waals surface area contributed by atoms with Crippen molar-refractivity contribution in [1.82, 2.24) is 15.1 Å². The molecule has 0 aromatic carbocycles. The van der Waals surface area contributed by atoms with Gasteiger partial charge in [-0.3, -0.25) is 4.68 Å². The monoisotopic (exact) mass is 263 g/mol. The molecule has 0 radical (unpaired) electrons. The molecule has 0 aliphatic carbocycles. The Hall–Kier alpha value is -1.17. The first-order valence-electron chi connectivity index (χ1n) is 6.19. The summed E-state index contributed by atoms with van der Waals surface area (Å²) in [5.74, 6) is 0. The Morgan fingerprint density at radius 2 is 2.56 bits per heavy atom. The zero-order valence-electron chi connectivity index (χ0n) is 10.4. The normalized spacial score (nSPS) is 18.8. The number of hydrogen-bond donors (Lipinski definition) is 1. The molecule has 3 heterocycles. The molecule has 0 saturated carbocycles.